The topological polar surface area (TPSA) is 35.5 Å². The zero-order valence-corrected chi connectivity index (χ0v) is 9.95. The lowest BCUT2D eigenvalue weighted by Gasteiger charge is -2.06. The Morgan fingerprint density at radius 2 is 2.19 bits per heavy atom. The third-order valence-corrected chi connectivity index (χ3v) is 2.22. The van der Waals surface area contributed by atoms with E-state index in [9.17, 15) is 4.79 Å². The minimum absolute atomic E-state index is 0.383. The second kappa shape index (κ2) is 6.18. The number of carbonyl (C=O) groups excluding carboxylic acids is 1. The summed E-state index contributed by atoms with van der Waals surface area (Å²) >= 11 is 5.55. The van der Waals surface area contributed by atoms with Crippen LogP contribution in [0.15, 0.2) is 24.3 Å². The first-order chi connectivity index (χ1) is 7.72. The summed E-state index contributed by atoms with van der Waals surface area (Å²) in [6, 6.07) is 5.11. The standard InChI is InChI=1S/C12H13ClO3/c1-15-11-8-10(12(14)16-2)6-5-9(11)4-3-7-13/h3-6,8H,7H2,1-2H3. The molecule has 1 rings (SSSR count). The van der Waals surface area contributed by atoms with Crippen molar-refractivity contribution in [3.63, 3.8) is 0 Å². The average Bonchev–Trinajstić information content (AvgIpc) is 2.35. The van der Waals surface area contributed by atoms with E-state index >= 15 is 0 Å². The van der Waals surface area contributed by atoms with Gasteiger partial charge in [0, 0.05) is 11.4 Å². The van der Waals surface area contributed by atoms with Crippen LogP contribution in [0.25, 0.3) is 6.08 Å². The summed E-state index contributed by atoms with van der Waals surface area (Å²) in [5.74, 6) is 0.664. The molecular weight excluding hydrogens is 228 g/mol. The van der Waals surface area contributed by atoms with Crippen molar-refractivity contribution in [1.82, 2.24) is 0 Å². The van der Waals surface area contributed by atoms with Crippen LogP contribution in [0, 0.1) is 0 Å². The van der Waals surface area contributed by atoms with Crippen LogP contribution in [-0.4, -0.2) is 26.1 Å². The second-order valence-electron chi connectivity index (χ2n) is 3.00. The van der Waals surface area contributed by atoms with Gasteiger partial charge in [0.15, 0.2) is 0 Å². The Morgan fingerprint density at radius 1 is 1.44 bits per heavy atom. The summed E-state index contributed by atoms with van der Waals surface area (Å²) in [5, 5.41) is 0. The van der Waals surface area contributed by atoms with Crippen molar-refractivity contribution < 1.29 is 14.3 Å². The number of allylic oxidation sites excluding steroid dienone is 1. The first kappa shape index (κ1) is 12.6. The van der Waals surface area contributed by atoms with E-state index in [-0.39, 0.29) is 5.97 Å². The van der Waals surface area contributed by atoms with Crippen molar-refractivity contribution >= 4 is 23.6 Å². The summed E-state index contributed by atoms with van der Waals surface area (Å²) in [5.41, 5.74) is 1.33. The summed E-state index contributed by atoms with van der Waals surface area (Å²) in [6.07, 6.45) is 3.64. The van der Waals surface area contributed by atoms with Gasteiger partial charge in [-0.05, 0) is 12.1 Å². The van der Waals surface area contributed by atoms with Crippen LogP contribution in [-0.2, 0) is 4.74 Å². The molecule has 3 nitrogen and oxygen atoms in total. The van der Waals surface area contributed by atoms with Crippen LogP contribution in [0.1, 0.15) is 15.9 Å². The molecule has 1 aromatic carbocycles. The lowest BCUT2D eigenvalue weighted by atomic mass is 10.1. The molecule has 0 aliphatic carbocycles. The van der Waals surface area contributed by atoms with E-state index < -0.39 is 0 Å². The highest BCUT2D eigenvalue weighted by molar-refractivity contribution is 6.19. The van der Waals surface area contributed by atoms with Gasteiger partial charge in [-0.1, -0.05) is 18.2 Å². The van der Waals surface area contributed by atoms with Gasteiger partial charge in [-0.3, -0.25) is 0 Å². The van der Waals surface area contributed by atoms with Gasteiger partial charge in [0.2, 0.25) is 0 Å². The maximum Gasteiger partial charge on any atom is 0.337 e. The molecule has 0 atom stereocenters. The summed E-state index contributed by atoms with van der Waals surface area (Å²) in [6.45, 7) is 0. The SMILES string of the molecule is COC(=O)c1ccc(C=CCCl)c(OC)c1. The fourth-order valence-electron chi connectivity index (χ4n) is 1.27. The minimum atomic E-state index is -0.383. The Labute approximate surface area is 99.6 Å². The predicted molar refractivity (Wildman–Crippen MR) is 64.1 cm³/mol. The van der Waals surface area contributed by atoms with E-state index in [4.69, 9.17) is 16.3 Å². The maximum atomic E-state index is 11.3. The van der Waals surface area contributed by atoms with Gasteiger partial charge >= 0.3 is 5.97 Å². The largest absolute Gasteiger partial charge is 0.496 e. The highest BCUT2D eigenvalue weighted by Crippen LogP contribution is 2.22. The molecule has 1 aromatic rings. The normalized spacial score (nSPS) is 10.4. The molecule has 0 saturated carbocycles. The van der Waals surface area contributed by atoms with Crippen molar-refractivity contribution in [2.75, 3.05) is 20.1 Å². The number of benzene rings is 1. The number of ether oxygens (including phenoxy) is 2. The van der Waals surface area contributed by atoms with Crippen molar-refractivity contribution in [2.45, 2.75) is 0 Å². The van der Waals surface area contributed by atoms with Gasteiger partial charge in [0.25, 0.3) is 0 Å². The number of rotatable bonds is 4. The molecule has 0 radical (unpaired) electrons. The summed E-state index contributed by atoms with van der Waals surface area (Å²) < 4.78 is 9.80. The molecule has 0 unspecified atom stereocenters. The van der Waals surface area contributed by atoms with E-state index in [0.717, 1.165) is 5.56 Å². The molecule has 0 aliphatic rings. The number of halogens is 1. The fourth-order valence-corrected chi connectivity index (χ4v) is 1.35. The lowest BCUT2D eigenvalue weighted by molar-refractivity contribution is 0.0600. The zero-order valence-electron chi connectivity index (χ0n) is 9.20. The average molecular weight is 241 g/mol. The first-order valence-corrected chi connectivity index (χ1v) is 5.25. The molecule has 4 heteroatoms. The van der Waals surface area contributed by atoms with Crippen LogP contribution < -0.4 is 4.74 Å². The van der Waals surface area contributed by atoms with E-state index in [1.54, 1.807) is 31.4 Å². The van der Waals surface area contributed by atoms with Crippen LogP contribution in [0.5, 0.6) is 5.75 Å². The molecule has 0 fully saturated rings. The van der Waals surface area contributed by atoms with E-state index in [0.29, 0.717) is 17.2 Å². The van der Waals surface area contributed by atoms with Crippen molar-refractivity contribution in [3.05, 3.63) is 35.4 Å². The van der Waals surface area contributed by atoms with E-state index in [2.05, 4.69) is 4.74 Å². The van der Waals surface area contributed by atoms with Crippen molar-refractivity contribution in [3.8, 4) is 5.75 Å². The molecule has 86 valence electrons. The highest BCUT2D eigenvalue weighted by atomic mass is 35.5. The molecule has 0 spiro atoms. The Kier molecular flexibility index (Phi) is 4.86. The Hall–Kier alpha value is -1.48. The lowest BCUT2D eigenvalue weighted by Crippen LogP contribution is -2.01. The second-order valence-corrected chi connectivity index (χ2v) is 3.31. The number of alkyl halides is 1. The number of hydrogen-bond donors (Lipinski definition) is 0. The van der Waals surface area contributed by atoms with Gasteiger partial charge < -0.3 is 9.47 Å². The maximum absolute atomic E-state index is 11.3. The fraction of sp³-hybridized carbons (Fsp3) is 0.250. The first-order valence-electron chi connectivity index (χ1n) is 4.71. The van der Waals surface area contributed by atoms with Gasteiger partial charge in [0.05, 0.1) is 19.8 Å². The van der Waals surface area contributed by atoms with Crippen molar-refractivity contribution in [1.29, 1.82) is 0 Å². The van der Waals surface area contributed by atoms with Crippen molar-refractivity contribution in [2.24, 2.45) is 0 Å². The minimum Gasteiger partial charge on any atom is -0.496 e. The van der Waals surface area contributed by atoms with Gasteiger partial charge in [-0.25, -0.2) is 4.79 Å². The Morgan fingerprint density at radius 3 is 2.75 bits per heavy atom. The number of methoxy groups -OCH3 is 2. The zero-order chi connectivity index (χ0) is 12.0. The van der Waals surface area contributed by atoms with Crippen LogP contribution in [0.3, 0.4) is 0 Å². The quantitative estimate of drug-likeness (QED) is 0.600. The third kappa shape index (κ3) is 3.00. The molecule has 0 amide bonds. The molecule has 0 bridgehead atoms. The van der Waals surface area contributed by atoms with Gasteiger partial charge in [-0.2, -0.15) is 0 Å². The van der Waals surface area contributed by atoms with Crippen LogP contribution in [0.2, 0.25) is 0 Å². The molecule has 0 aliphatic heterocycles. The van der Waals surface area contributed by atoms with Crippen LogP contribution >= 0.6 is 11.6 Å². The van der Waals surface area contributed by atoms with Crippen LogP contribution in [0.4, 0.5) is 0 Å². The van der Waals surface area contributed by atoms with Gasteiger partial charge in [-0.15, -0.1) is 11.6 Å². The molecule has 0 N–H and O–H groups in total. The van der Waals surface area contributed by atoms with E-state index in [1.165, 1.54) is 7.11 Å². The third-order valence-electron chi connectivity index (χ3n) is 2.04. The predicted octanol–water partition coefficient (Wildman–Crippen LogP) is 2.73. The molecule has 0 heterocycles. The Bertz CT molecular complexity index is 399. The molecule has 0 aromatic heterocycles. The highest BCUT2D eigenvalue weighted by Gasteiger charge is 2.08. The van der Waals surface area contributed by atoms with E-state index in [1.807, 2.05) is 6.08 Å². The monoisotopic (exact) mass is 240 g/mol. The Balaban J connectivity index is 3.06. The number of esters is 1. The smallest absolute Gasteiger partial charge is 0.337 e. The molecule has 0 saturated heterocycles. The number of carbonyl (C=O) groups is 1. The summed E-state index contributed by atoms with van der Waals surface area (Å²) in [4.78, 5) is 11.3. The number of hydrogen-bond acceptors (Lipinski definition) is 3. The van der Waals surface area contributed by atoms with Gasteiger partial charge in [0.1, 0.15) is 5.75 Å². The molecular formula is C12H13ClO3. The summed E-state index contributed by atoms with van der Waals surface area (Å²) in [7, 11) is 2.89. The molecule has 16 heavy (non-hydrogen) atoms.